The second kappa shape index (κ2) is 5.69. The molecule has 1 saturated heterocycles. The lowest BCUT2D eigenvalue weighted by molar-refractivity contribution is -0.144. The first-order valence-electron chi connectivity index (χ1n) is 6.03. The van der Waals surface area contributed by atoms with Gasteiger partial charge in [0.1, 0.15) is 11.9 Å². The number of carbonyl (C=O) groups excluding carboxylic acids is 2. The molecular formula is C13H15FN2O3. The highest BCUT2D eigenvalue weighted by Crippen LogP contribution is 2.20. The number of esters is 1. The lowest BCUT2D eigenvalue weighted by Crippen LogP contribution is -2.43. The summed E-state index contributed by atoms with van der Waals surface area (Å²) in [7, 11) is 1.29. The highest BCUT2D eigenvalue weighted by molar-refractivity contribution is 5.93. The Balaban J connectivity index is 2.07. The average Bonchev–Trinajstić information content (AvgIpc) is 2.90. The number of para-hydroxylation sites is 1. The van der Waals surface area contributed by atoms with Crippen LogP contribution in [-0.2, 0) is 9.53 Å². The van der Waals surface area contributed by atoms with Crippen LogP contribution >= 0.6 is 0 Å². The van der Waals surface area contributed by atoms with Crippen molar-refractivity contribution < 1.29 is 18.7 Å². The number of carbonyl (C=O) groups is 2. The summed E-state index contributed by atoms with van der Waals surface area (Å²) in [5.41, 5.74) is 0.100. The maximum atomic E-state index is 13.4. The van der Waals surface area contributed by atoms with Gasteiger partial charge in [-0.1, -0.05) is 12.1 Å². The molecule has 1 aliphatic rings. The normalized spacial score (nSPS) is 18.2. The monoisotopic (exact) mass is 266 g/mol. The van der Waals surface area contributed by atoms with Gasteiger partial charge < -0.3 is 15.0 Å². The van der Waals surface area contributed by atoms with E-state index in [-0.39, 0.29) is 5.69 Å². The predicted octanol–water partition coefficient (Wildman–Crippen LogP) is 1.99. The van der Waals surface area contributed by atoms with E-state index in [4.69, 9.17) is 0 Å². The molecule has 19 heavy (non-hydrogen) atoms. The van der Waals surface area contributed by atoms with Crippen molar-refractivity contribution in [1.29, 1.82) is 0 Å². The van der Waals surface area contributed by atoms with Crippen molar-refractivity contribution in [1.82, 2.24) is 4.90 Å². The van der Waals surface area contributed by atoms with E-state index in [1.807, 2.05) is 0 Å². The minimum absolute atomic E-state index is 0.100. The summed E-state index contributed by atoms with van der Waals surface area (Å²) in [6, 6.07) is 4.82. The number of benzene rings is 1. The van der Waals surface area contributed by atoms with Crippen LogP contribution in [0.5, 0.6) is 0 Å². The SMILES string of the molecule is COC(=O)C1CCCN1C(=O)Nc1ccccc1F. The third-order valence-corrected chi connectivity index (χ3v) is 3.10. The van der Waals surface area contributed by atoms with Gasteiger partial charge in [-0.2, -0.15) is 0 Å². The average molecular weight is 266 g/mol. The summed E-state index contributed by atoms with van der Waals surface area (Å²) in [5, 5.41) is 2.47. The van der Waals surface area contributed by atoms with Crippen molar-refractivity contribution in [3.05, 3.63) is 30.1 Å². The number of nitrogens with zero attached hydrogens (tertiary/aromatic N) is 1. The van der Waals surface area contributed by atoms with Crippen LogP contribution in [0.3, 0.4) is 0 Å². The van der Waals surface area contributed by atoms with Crippen LogP contribution < -0.4 is 5.32 Å². The molecule has 0 bridgehead atoms. The minimum Gasteiger partial charge on any atom is -0.467 e. The van der Waals surface area contributed by atoms with E-state index in [1.54, 1.807) is 6.07 Å². The number of anilines is 1. The first-order chi connectivity index (χ1) is 9.13. The third kappa shape index (κ3) is 2.83. The molecule has 2 amide bonds. The quantitative estimate of drug-likeness (QED) is 0.833. The fraction of sp³-hybridized carbons (Fsp3) is 0.385. The molecule has 1 aromatic carbocycles. The first kappa shape index (κ1) is 13.3. The van der Waals surface area contributed by atoms with E-state index < -0.39 is 23.9 Å². The van der Waals surface area contributed by atoms with Crippen molar-refractivity contribution in [2.24, 2.45) is 0 Å². The van der Waals surface area contributed by atoms with Crippen molar-refractivity contribution in [2.45, 2.75) is 18.9 Å². The van der Waals surface area contributed by atoms with Crippen LogP contribution in [0, 0.1) is 5.82 Å². The number of urea groups is 1. The molecule has 6 heteroatoms. The van der Waals surface area contributed by atoms with Gasteiger partial charge in [-0.3, -0.25) is 0 Å². The molecule has 2 rings (SSSR count). The summed E-state index contributed by atoms with van der Waals surface area (Å²) in [5.74, 6) is -0.953. The zero-order valence-electron chi connectivity index (χ0n) is 10.6. The van der Waals surface area contributed by atoms with Gasteiger partial charge in [-0.05, 0) is 25.0 Å². The number of nitrogens with one attached hydrogen (secondary N) is 1. The third-order valence-electron chi connectivity index (χ3n) is 3.10. The zero-order chi connectivity index (χ0) is 13.8. The Hall–Kier alpha value is -2.11. The molecule has 1 fully saturated rings. The lowest BCUT2D eigenvalue weighted by Gasteiger charge is -2.23. The molecule has 0 radical (unpaired) electrons. The van der Waals surface area contributed by atoms with E-state index in [1.165, 1.54) is 30.2 Å². The molecule has 1 N–H and O–H groups in total. The zero-order valence-corrected chi connectivity index (χ0v) is 10.6. The summed E-state index contributed by atoms with van der Waals surface area (Å²) in [4.78, 5) is 24.9. The number of hydrogen-bond donors (Lipinski definition) is 1. The topological polar surface area (TPSA) is 58.6 Å². The fourth-order valence-corrected chi connectivity index (χ4v) is 2.14. The number of ether oxygens (including phenoxy) is 1. The van der Waals surface area contributed by atoms with Crippen LogP contribution in [0.1, 0.15) is 12.8 Å². The number of halogens is 1. The van der Waals surface area contributed by atoms with Gasteiger partial charge in [0, 0.05) is 6.54 Å². The molecule has 0 aliphatic carbocycles. The lowest BCUT2D eigenvalue weighted by atomic mass is 10.2. The van der Waals surface area contributed by atoms with Crippen molar-refractivity contribution >= 4 is 17.7 Å². The van der Waals surface area contributed by atoms with E-state index in [2.05, 4.69) is 10.1 Å². The van der Waals surface area contributed by atoms with Gasteiger partial charge in [0.05, 0.1) is 12.8 Å². The van der Waals surface area contributed by atoms with Crippen molar-refractivity contribution in [2.75, 3.05) is 19.0 Å². The molecule has 0 saturated carbocycles. The number of hydrogen-bond acceptors (Lipinski definition) is 3. The Morgan fingerprint density at radius 1 is 1.42 bits per heavy atom. The van der Waals surface area contributed by atoms with E-state index in [9.17, 15) is 14.0 Å². The van der Waals surface area contributed by atoms with Crippen LogP contribution in [0.25, 0.3) is 0 Å². The summed E-state index contributed by atoms with van der Waals surface area (Å²) in [6.45, 7) is 0.458. The highest BCUT2D eigenvalue weighted by atomic mass is 19.1. The highest BCUT2D eigenvalue weighted by Gasteiger charge is 2.35. The van der Waals surface area contributed by atoms with Crippen molar-refractivity contribution in [3.8, 4) is 0 Å². The molecule has 1 aliphatic heterocycles. The molecule has 1 aromatic rings. The van der Waals surface area contributed by atoms with Crippen LogP contribution in [0.2, 0.25) is 0 Å². The number of amides is 2. The van der Waals surface area contributed by atoms with Gasteiger partial charge >= 0.3 is 12.0 Å². The Morgan fingerprint density at radius 3 is 2.84 bits per heavy atom. The van der Waals surface area contributed by atoms with Gasteiger partial charge in [-0.15, -0.1) is 0 Å². The molecule has 1 heterocycles. The fourth-order valence-electron chi connectivity index (χ4n) is 2.14. The molecule has 102 valence electrons. The van der Waals surface area contributed by atoms with Crippen LogP contribution in [0.4, 0.5) is 14.9 Å². The summed E-state index contributed by atoms with van der Waals surface area (Å²) >= 11 is 0. The molecule has 1 unspecified atom stereocenters. The minimum atomic E-state index is -0.586. The van der Waals surface area contributed by atoms with Gasteiger partial charge in [0.2, 0.25) is 0 Å². The smallest absolute Gasteiger partial charge is 0.328 e. The van der Waals surface area contributed by atoms with Crippen LogP contribution in [-0.4, -0.2) is 36.6 Å². The van der Waals surface area contributed by atoms with E-state index in [0.29, 0.717) is 13.0 Å². The van der Waals surface area contributed by atoms with Gasteiger partial charge in [-0.25, -0.2) is 14.0 Å². The van der Waals surface area contributed by atoms with E-state index >= 15 is 0 Å². The standard InChI is InChI=1S/C13H15FN2O3/c1-19-12(17)11-7-4-8-16(11)13(18)15-10-6-3-2-5-9(10)14/h2-3,5-6,11H,4,7-8H2,1H3,(H,15,18). The number of rotatable bonds is 2. The first-order valence-corrected chi connectivity index (χ1v) is 6.03. The Morgan fingerprint density at radius 2 is 2.16 bits per heavy atom. The largest absolute Gasteiger partial charge is 0.467 e. The second-order valence-electron chi connectivity index (χ2n) is 4.28. The van der Waals surface area contributed by atoms with Gasteiger partial charge in [0.25, 0.3) is 0 Å². The maximum absolute atomic E-state index is 13.4. The summed E-state index contributed by atoms with van der Waals surface area (Å²) < 4.78 is 18.1. The Labute approximate surface area is 110 Å². The molecule has 1 atom stereocenters. The Bertz CT molecular complexity index is 493. The van der Waals surface area contributed by atoms with Gasteiger partial charge in [0.15, 0.2) is 0 Å². The van der Waals surface area contributed by atoms with E-state index in [0.717, 1.165) is 6.42 Å². The van der Waals surface area contributed by atoms with Crippen molar-refractivity contribution in [3.63, 3.8) is 0 Å². The number of methoxy groups -OCH3 is 1. The van der Waals surface area contributed by atoms with Crippen LogP contribution in [0.15, 0.2) is 24.3 Å². The molecule has 5 nitrogen and oxygen atoms in total. The predicted molar refractivity (Wildman–Crippen MR) is 67.2 cm³/mol. The molecule has 0 spiro atoms. The second-order valence-corrected chi connectivity index (χ2v) is 4.28. The molecular weight excluding hydrogens is 251 g/mol. The maximum Gasteiger partial charge on any atom is 0.328 e. The Kier molecular flexibility index (Phi) is 3.99. The number of likely N-dealkylation sites (tertiary alicyclic amines) is 1. The summed E-state index contributed by atoms with van der Waals surface area (Å²) in [6.07, 6.45) is 1.29. The molecule has 0 aromatic heterocycles.